The summed E-state index contributed by atoms with van der Waals surface area (Å²) in [5, 5.41) is 6.21. The van der Waals surface area contributed by atoms with Crippen LogP contribution in [0.4, 0.5) is 11.5 Å². The summed E-state index contributed by atoms with van der Waals surface area (Å²) in [6.07, 6.45) is 4.40. The fourth-order valence-electron chi connectivity index (χ4n) is 4.29. The van der Waals surface area contributed by atoms with Gasteiger partial charge in [-0.2, -0.15) is 0 Å². The lowest BCUT2D eigenvalue weighted by molar-refractivity contribution is -0.122. The first-order chi connectivity index (χ1) is 17.7. The van der Waals surface area contributed by atoms with Gasteiger partial charge >= 0.3 is 0 Å². The molecule has 8 nitrogen and oxygen atoms in total. The highest BCUT2D eigenvalue weighted by atomic mass is 35.5. The van der Waals surface area contributed by atoms with Crippen molar-refractivity contribution < 1.29 is 18.0 Å². The molecule has 4 rings (SSSR count). The molecule has 0 bridgehead atoms. The van der Waals surface area contributed by atoms with Crippen molar-refractivity contribution >= 4 is 44.8 Å². The van der Waals surface area contributed by atoms with Crippen molar-refractivity contribution in [3.05, 3.63) is 83.0 Å². The first kappa shape index (κ1) is 26.6. The minimum absolute atomic E-state index is 0.0163. The van der Waals surface area contributed by atoms with Gasteiger partial charge in [-0.1, -0.05) is 48.0 Å². The number of nitrogens with zero attached hydrogens (tertiary/aromatic N) is 2. The molecule has 194 valence electrons. The van der Waals surface area contributed by atoms with Crippen LogP contribution < -0.4 is 15.5 Å². The van der Waals surface area contributed by atoms with Crippen molar-refractivity contribution in [3.8, 4) is 0 Å². The lowest BCUT2D eigenvalue weighted by Gasteiger charge is -2.33. The highest BCUT2D eigenvalue weighted by molar-refractivity contribution is 7.90. The van der Waals surface area contributed by atoms with Crippen LogP contribution in [0.2, 0.25) is 5.02 Å². The first-order valence-electron chi connectivity index (χ1n) is 12.0. The summed E-state index contributed by atoms with van der Waals surface area (Å²) in [5.41, 5.74) is 1.72. The number of aromatic nitrogens is 1. The molecule has 0 saturated carbocycles. The Hall–Kier alpha value is -3.43. The van der Waals surface area contributed by atoms with Crippen molar-refractivity contribution in [1.82, 2.24) is 10.3 Å². The van der Waals surface area contributed by atoms with E-state index >= 15 is 0 Å². The zero-order valence-electron chi connectivity index (χ0n) is 20.5. The number of sulfone groups is 1. The third-order valence-corrected chi connectivity index (χ3v) is 7.64. The van der Waals surface area contributed by atoms with Crippen LogP contribution in [0.15, 0.2) is 71.8 Å². The number of hydrogen-bond acceptors (Lipinski definition) is 6. The first-order valence-corrected chi connectivity index (χ1v) is 14.3. The second-order valence-corrected chi connectivity index (χ2v) is 11.6. The van der Waals surface area contributed by atoms with Gasteiger partial charge in [-0.05, 0) is 48.6 Å². The van der Waals surface area contributed by atoms with E-state index in [-0.39, 0.29) is 16.7 Å². The summed E-state index contributed by atoms with van der Waals surface area (Å²) in [7, 11) is -3.53. The Labute approximate surface area is 222 Å². The highest BCUT2D eigenvalue weighted by Gasteiger charge is 2.25. The number of anilines is 2. The Kier molecular flexibility index (Phi) is 8.45. The molecular formula is C27H29ClN4O4S. The van der Waals surface area contributed by atoms with Gasteiger partial charge in [0.05, 0.1) is 10.6 Å². The Morgan fingerprint density at radius 1 is 1.05 bits per heavy atom. The fraction of sp³-hybridized carbons (Fsp3) is 0.296. The average Bonchev–Trinajstić information content (AvgIpc) is 2.88. The molecule has 2 N–H and O–H groups in total. The standard InChI is InChI=1S/C27H29ClN4O4S/c1-37(35,36)23-16-24(31-27(34)21-8-5-9-22(28)15-21)26(30-18-23)32-12-10-19(11-13-32)14-25(33)29-17-20-6-3-2-4-7-20/h2-9,15-16,18-19H,10-14,17H2,1H3,(H,29,33)(H,31,34). The number of benzene rings is 2. The molecule has 2 aromatic carbocycles. The molecular weight excluding hydrogens is 512 g/mol. The van der Waals surface area contributed by atoms with Crippen molar-refractivity contribution in [2.45, 2.75) is 30.7 Å². The third kappa shape index (κ3) is 7.30. The molecule has 0 unspecified atom stereocenters. The maximum Gasteiger partial charge on any atom is 0.255 e. The molecule has 1 aliphatic heterocycles. The number of hydrogen-bond donors (Lipinski definition) is 2. The molecule has 1 fully saturated rings. The number of rotatable bonds is 8. The fourth-order valence-corrected chi connectivity index (χ4v) is 5.06. The molecule has 2 amide bonds. The smallest absolute Gasteiger partial charge is 0.255 e. The van der Waals surface area contributed by atoms with E-state index in [0.29, 0.717) is 48.1 Å². The van der Waals surface area contributed by atoms with E-state index in [1.54, 1.807) is 24.3 Å². The summed E-state index contributed by atoms with van der Waals surface area (Å²) in [5.74, 6) is 0.329. The Bertz CT molecular complexity index is 1370. The second-order valence-electron chi connectivity index (χ2n) is 9.18. The van der Waals surface area contributed by atoms with Crippen LogP contribution in [0.5, 0.6) is 0 Å². The molecule has 37 heavy (non-hydrogen) atoms. The maximum atomic E-state index is 12.9. The van der Waals surface area contributed by atoms with Gasteiger partial charge < -0.3 is 15.5 Å². The average molecular weight is 541 g/mol. The van der Waals surface area contributed by atoms with Crippen LogP contribution >= 0.6 is 11.6 Å². The summed E-state index contributed by atoms with van der Waals surface area (Å²) < 4.78 is 24.3. The predicted molar refractivity (Wildman–Crippen MR) is 145 cm³/mol. The molecule has 0 aliphatic carbocycles. The van der Waals surface area contributed by atoms with E-state index < -0.39 is 15.7 Å². The van der Waals surface area contributed by atoms with Gasteiger partial charge in [0.1, 0.15) is 0 Å². The van der Waals surface area contributed by atoms with E-state index in [0.717, 1.165) is 24.7 Å². The Balaban J connectivity index is 1.42. The second kappa shape index (κ2) is 11.7. The lowest BCUT2D eigenvalue weighted by Crippen LogP contribution is -2.37. The molecule has 0 spiro atoms. The zero-order valence-corrected chi connectivity index (χ0v) is 22.1. The number of carbonyl (C=O) groups is 2. The van der Waals surface area contributed by atoms with E-state index in [4.69, 9.17) is 11.6 Å². The number of carbonyl (C=O) groups excluding carboxylic acids is 2. The molecule has 3 aromatic rings. The predicted octanol–water partition coefficient (Wildman–Crippen LogP) is 4.31. The molecule has 0 atom stereocenters. The third-order valence-electron chi connectivity index (χ3n) is 6.33. The molecule has 1 aromatic heterocycles. The normalized spacial score (nSPS) is 14.3. The largest absolute Gasteiger partial charge is 0.355 e. The SMILES string of the molecule is CS(=O)(=O)c1cnc(N2CCC(CC(=O)NCc3ccccc3)CC2)c(NC(=O)c2cccc(Cl)c2)c1. The minimum Gasteiger partial charge on any atom is -0.355 e. The number of piperidine rings is 1. The van der Waals surface area contributed by atoms with Crippen molar-refractivity contribution in [3.63, 3.8) is 0 Å². The van der Waals surface area contributed by atoms with Crippen LogP contribution in [0.3, 0.4) is 0 Å². The summed E-state index contributed by atoms with van der Waals surface area (Å²) >= 11 is 6.02. The Morgan fingerprint density at radius 3 is 2.46 bits per heavy atom. The number of amides is 2. The number of nitrogens with one attached hydrogen (secondary N) is 2. The van der Waals surface area contributed by atoms with Gasteiger partial charge in [0, 0.05) is 49.1 Å². The van der Waals surface area contributed by atoms with Gasteiger partial charge in [-0.3, -0.25) is 9.59 Å². The lowest BCUT2D eigenvalue weighted by atomic mass is 9.93. The van der Waals surface area contributed by atoms with Crippen LogP contribution in [0.1, 0.15) is 35.2 Å². The summed E-state index contributed by atoms with van der Waals surface area (Å²) in [6, 6.07) is 17.7. The maximum absolute atomic E-state index is 12.9. The summed E-state index contributed by atoms with van der Waals surface area (Å²) in [6.45, 7) is 1.76. The van der Waals surface area contributed by atoms with Crippen LogP contribution in [-0.2, 0) is 21.2 Å². The number of pyridine rings is 1. The molecule has 2 heterocycles. The zero-order chi connectivity index (χ0) is 26.4. The van der Waals surface area contributed by atoms with E-state index in [1.807, 2.05) is 35.2 Å². The van der Waals surface area contributed by atoms with E-state index in [9.17, 15) is 18.0 Å². The summed E-state index contributed by atoms with van der Waals surface area (Å²) in [4.78, 5) is 31.8. The van der Waals surface area contributed by atoms with Crippen molar-refractivity contribution in [2.75, 3.05) is 29.6 Å². The van der Waals surface area contributed by atoms with Crippen molar-refractivity contribution in [2.24, 2.45) is 5.92 Å². The monoisotopic (exact) mass is 540 g/mol. The molecule has 10 heteroatoms. The topological polar surface area (TPSA) is 108 Å². The van der Waals surface area contributed by atoms with Crippen LogP contribution in [0.25, 0.3) is 0 Å². The minimum atomic E-state index is -3.53. The Morgan fingerprint density at radius 2 is 1.78 bits per heavy atom. The van der Waals surface area contributed by atoms with Gasteiger partial charge in [0.2, 0.25) is 5.91 Å². The quantitative estimate of drug-likeness (QED) is 0.440. The van der Waals surface area contributed by atoms with Crippen LogP contribution in [0, 0.1) is 5.92 Å². The van der Waals surface area contributed by atoms with Gasteiger partial charge in [0.15, 0.2) is 15.7 Å². The van der Waals surface area contributed by atoms with Gasteiger partial charge in [-0.25, -0.2) is 13.4 Å². The van der Waals surface area contributed by atoms with Crippen LogP contribution in [-0.4, -0.2) is 44.6 Å². The van der Waals surface area contributed by atoms with E-state index in [1.165, 1.54) is 12.3 Å². The molecule has 1 saturated heterocycles. The van der Waals surface area contributed by atoms with Crippen molar-refractivity contribution in [1.29, 1.82) is 0 Å². The molecule has 0 radical (unpaired) electrons. The van der Waals surface area contributed by atoms with Gasteiger partial charge in [0.25, 0.3) is 5.91 Å². The highest BCUT2D eigenvalue weighted by Crippen LogP contribution is 2.31. The van der Waals surface area contributed by atoms with E-state index in [2.05, 4.69) is 15.6 Å². The van der Waals surface area contributed by atoms with Gasteiger partial charge in [-0.15, -0.1) is 0 Å². The molecule has 1 aliphatic rings. The number of halogens is 1.